The zero-order valence-electron chi connectivity index (χ0n) is 16.6. The second-order valence-electron chi connectivity index (χ2n) is 6.58. The highest BCUT2D eigenvalue weighted by molar-refractivity contribution is 6.02. The van der Waals surface area contributed by atoms with Gasteiger partial charge in [0.1, 0.15) is 11.6 Å². The van der Waals surface area contributed by atoms with E-state index in [2.05, 4.69) is 20.3 Å². The van der Waals surface area contributed by atoms with E-state index in [1.165, 1.54) is 6.26 Å². The molecule has 0 atom stereocenters. The maximum Gasteiger partial charge on any atom is 0.291 e. The molecule has 4 aromatic rings. The number of rotatable bonds is 6. The molecule has 4 rings (SSSR count). The number of benzene rings is 1. The molecule has 3 aromatic heterocycles. The van der Waals surface area contributed by atoms with Gasteiger partial charge in [-0.05, 0) is 61.0 Å². The van der Waals surface area contributed by atoms with E-state index in [9.17, 15) is 4.79 Å². The van der Waals surface area contributed by atoms with Gasteiger partial charge in [0, 0.05) is 24.5 Å². The highest BCUT2D eigenvalue weighted by atomic mass is 16.5. The molecule has 0 radical (unpaired) electrons. The fourth-order valence-corrected chi connectivity index (χ4v) is 2.93. The molecule has 30 heavy (non-hydrogen) atoms. The molecule has 1 amide bonds. The van der Waals surface area contributed by atoms with Gasteiger partial charge in [0.2, 0.25) is 5.88 Å². The quantitative estimate of drug-likeness (QED) is 0.487. The summed E-state index contributed by atoms with van der Waals surface area (Å²) in [7, 11) is 0. The predicted molar refractivity (Wildman–Crippen MR) is 113 cm³/mol. The second kappa shape index (κ2) is 8.57. The van der Waals surface area contributed by atoms with Crippen LogP contribution >= 0.6 is 0 Å². The number of anilines is 1. The van der Waals surface area contributed by atoms with Crippen molar-refractivity contribution in [1.29, 1.82) is 0 Å². The summed E-state index contributed by atoms with van der Waals surface area (Å²) in [6.07, 6.45) is 5.62. The van der Waals surface area contributed by atoms with Crippen LogP contribution in [0.4, 0.5) is 5.69 Å². The molecule has 0 saturated heterocycles. The predicted octanol–water partition coefficient (Wildman–Crippen LogP) is 5.05. The third-order valence-electron chi connectivity index (χ3n) is 4.45. The zero-order valence-corrected chi connectivity index (χ0v) is 16.6. The lowest BCUT2D eigenvalue weighted by Gasteiger charge is -2.13. The summed E-state index contributed by atoms with van der Waals surface area (Å²) >= 11 is 0. The number of hydrogen-bond donors (Lipinski definition) is 1. The summed E-state index contributed by atoms with van der Waals surface area (Å²) in [4.78, 5) is 25.4. The van der Waals surface area contributed by atoms with Crippen molar-refractivity contribution in [3.8, 4) is 22.9 Å². The number of carbonyl (C=O) groups is 1. The first kappa shape index (κ1) is 19.3. The number of nitrogens with one attached hydrogen (secondary N) is 1. The SMILES string of the molecule is CCc1nccc(-c2cccnc2Oc2ccc(NC(=O)c3ccco3)cc2C)n1. The van der Waals surface area contributed by atoms with E-state index in [4.69, 9.17) is 9.15 Å². The van der Waals surface area contributed by atoms with E-state index in [0.29, 0.717) is 17.3 Å². The highest BCUT2D eigenvalue weighted by Crippen LogP contribution is 2.32. The number of ether oxygens (including phenoxy) is 1. The van der Waals surface area contributed by atoms with Crippen LogP contribution in [0.15, 0.2) is 71.6 Å². The molecule has 3 heterocycles. The summed E-state index contributed by atoms with van der Waals surface area (Å²) in [6.45, 7) is 3.91. The summed E-state index contributed by atoms with van der Waals surface area (Å²) < 4.78 is 11.2. The van der Waals surface area contributed by atoms with Crippen LogP contribution in [0.25, 0.3) is 11.3 Å². The van der Waals surface area contributed by atoms with E-state index in [0.717, 1.165) is 29.1 Å². The first-order valence-electron chi connectivity index (χ1n) is 9.54. The topological polar surface area (TPSA) is 90.1 Å². The molecule has 0 unspecified atom stereocenters. The molecular weight excluding hydrogens is 380 g/mol. The van der Waals surface area contributed by atoms with Crippen molar-refractivity contribution < 1.29 is 13.9 Å². The summed E-state index contributed by atoms with van der Waals surface area (Å²) in [5.41, 5.74) is 3.03. The van der Waals surface area contributed by atoms with E-state index in [-0.39, 0.29) is 11.7 Å². The average Bonchev–Trinajstić information content (AvgIpc) is 3.31. The van der Waals surface area contributed by atoms with E-state index in [1.807, 2.05) is 38.1 Å². The third-order valence-corrected chi connectivity index (χ3v) is 4.45. The average molecular weight is 400 g/mol. The molecule has 0 spiro atoms. The standard InChI is InChI=1S/C23H20N4O3/c1-3-21-24-12-10-18(27-21)17-6-4-11-25-23(17)30-19-9-8-16(14-15(19)2)26-22(28)20-7-5-13-29-20/h4-14H,3H2,1-2H3,(H,26,28). The van der Waals surface area contributed by atoms with Gasteiger partial charge in [-0.15, -0.1) is 0 Å². The van der Waals surface area contributed by atoms with Crippen LogP contribution in [-0.2, 0) is 6.42 Å². The van der Waals surface area contributed by atoms with E-state index >= 15 is 0 Å². The van der Waals surface area contributed by atoms with Gasteiger partial charge in [-0.25, -0.2) is 15.0 Å². The largest absolute Gasteiger partial charge is 0.459 e. The fraction of sp³-hybridized carbons (Fsp3) is 0.130. The Balaban J connectivity index is 1.57. The normalized spacial score (nSPS) is 10.6. The number of aromatic nitrogens is 3. The van der Waals surface area contributed by atoms with Crippen molar-refractivity contribution in [3.63, 3.8) is 0 Å². The van der Waals surface area contributed by atoms with Crippen LogP contribution in [0.5, 0.6) is 11.6 Å². The van der Waals surface area contributed by atoms with Crippen LogP contribution < -0.4 is 10.1 Å². The Morgan fingerprint density at radius 3 is 2.77 bits per heavy atom. The van der Waals surface area contributed by atoms with Gasteiger partial charge in [-0.2, -0.15) is 0 Å². The van der Waals surface area contributed by atoms with Crippen LogP contribution in [-0.4, -0.2) is 20.9 Å². The maximum atomic E-state index is 12.2. The van der Waals surface area contributed by atoms with E-state index < -0.39 is 0 Å². The molecule has 0 aliphatic heterocycles. The van der Waals surface area contributed by atoms with Crippen molar-refractivity contribution in [1.82, 2.24) is 15.0 Å². The summed E-state index contributed by atoms with van der Waals surface area (Å²) in [5.74, 6) is 1.79. The van der Waals surface area contributed by atoms with Crippen molar-refractivity contribution >= 4 is 11.6 Å². The van der Waals surface area contributed by atoms with Crippen molar-refractivity contribution in [3.05, 3.63) is 84.3 Å². The lowest BCUT2D eigenvalue weighted by Crippen LogP contribution is -2.10. The number of amides is 1. The minimum absolute atomic E-state index is 0.252. The summed E-state index contributed by atoms with van der Waals surface area (Å²) in [6, 6.07) is 14.3. The Morgan fingerprint density at radius 1 is 1.10 bits per heavy atom. The molecule has 1 N–H and O–H groups in total. The first-order valence-corrected chi connectivity index (χ1v) is 9.54. The molecular formula is C23H20N4O3. The molecule has 0 bridgehead atoms. The van der Waals surface area contributed by atoms with Crippen molar-refractivity contribution in [2.24, 2.45) is 0 Å². The minimum atomic E-state index is -0.310. The Bertz CT molecular complexity index is 1170. The maximum absolute atomic E-state index is 12.2. The number of furan rings is 1. The molecule has 0 fully saturated rings. The Hall–Kier alpha value is -4.00. The van der Waals surface area contributed by atoms with Gasteiger partial charge in [-0.1, -0.05) is 6.92 Å². The number of nitrogens with zero attached hydrogens (tertiary/aromatic N) is 3. The van der Waals surface area contributed by atoms with Gasteiger partial charge in [0.15, 0.2) is 5.76 Å². The van der Waals surface area contributed by atoms with Gasteiger partial charge < -0.3 is 14.5 Å². The summed E-state index contributed by atoms with van der Waals surface area (Å²) in [5, 5.41) is 2.81. The lowest BCUT2D eigenvalue weighted by molar-refractivity contribution is 0.0996. The van der Waals surface area contributed by atoms with Crippen LogP contribution in [0.3, 0.4) is 0 Å². The van der Waals surface area contributed by atoms with Gasteiger partial charge in [-0.3, -0.25) is 4.79 Å². The molecule has 150 valence electrons. The molecule has 7 nitrogen and oxygen atoms in total. The Morgan fingerprint density at radius 2 is 2.00 bits per heavy atom. The Kier molecular flexibility index (Phi) is 5.52. The fourth-order valence-electron chi connectivity index (χ4n) is 2.93. The monoisotopic (exact) mass is 400 g/mol. The lowest BCUT2D eigenvalue weighted by atomic mass is 10.1. The molecule has 1 aromatic carbocycles. The molecule has 7 heteroatoms. The number of pyridine rings is 1. The number of carbonyl (C=O) groups excluding carboxylic acids is 1. The molecule has 0 saturated carbocycles. The first-order chi connectivity index (χ1) is 14.6. The van der Waals surface area contributed by atoms with Gasteiger partial charge in [0.25, 0.3) is 5.91 Å². The third kappa shape index (κ3) is 4.20. The number of aryl methyl sites for hydroxylation is 2. The second-order valence-corrected chi connectivity index (χ2v) is 6.58. The molecule has 0 aliphatic carbocycles. The molecule has 0 aliphatic rings. The van der Waals surface area contributed by atoms with Crippen molar-refractivity contribution in [2.45, 2.75) is 20.3 Å². The zero-order chi connectivity index (χ0) is 20.9. The van der Waals surface area contributed by atoms with Crippen LogP contribution in [0.1, 0.15) is 28.9 Å². The Labute approximate surface area is 173 Å². The van der Waals surface area contributed by atoms with Crippen molar-refractivity contribution in [2.75, 3.05) is 5.32 Å². The highest BCUT2D eigenvalue weighted by Gasteiger charge is 2.13. The van der Waals surface area contributed by atoms with Crippen LogP contribution in [0.2, 0.25) is 0 Å². The van der Waals surface area contributed by atoms with Crippen LogP contribution in [0, 0.1) is 6.92 Å². The van der Waals surface area contributed by atoms with Gasteiger partial charge in [0.05, 0.1) is 17.5 Å². The smallest absolute Gasteiger partial charge is 0.291 e. The van der Waals surface area contributed by atoms with E-state index in [1.54, 1.807) is 36.7 Å². The minimum Gasteiger partial charge on any atom is -0.459 e. The van der Waals surface area contributed by atoms with Gasteiger partial charge >= 0.3 is 0 Å². The number of hydrogen-bond acceptors (Lipinski definition) is 6.